The highest BCUT2D eigenvalue weighted by Gasteiger charge is 2.32. The van der Waals surface area contributed by atoms with E-state index in [0.717, 1.165) is 15.1 Å². The summed E-state index contributed by atoms with van der Waals surface area (Å²) in [6, 6.07) is 11.4. The number of nitriles is 1. The van der Waals surface area contributed by atoms with Gasteiger partial charge in [-0.3, -0.25) is 9.89 Å². The molecule has 2 heterocycles. The summed E-state index contributed by atoms with van der Waals surface area (Å²) >= 11 is 0.679. The number of nitrogens with zero attached hydrogens (tertiary/aromatic N) is 7. The summed E-state index contributed by atoms with van der Waals surface area (Å²) in [4.78, 5) is 29.0. The third kappa shape index (κ3) is 4.08. The van der Waals surface area contributed by atoms with Gasteiger partial charge in [-0.2, -0.15) is 19.9 Å². The molecular weight excluding hydrogens is 498 g/mol. The molecule has 0 radical (unpaired) electrons. The minimum Gasteiger partial charge on any atom is -0.370 e. The van der Waals surface area contributed by atoms with E-state index in [0.29, 0.717) is 17.4 Å². The zero-order valence-corrected chi connectivity index (χ0v) is 19.7. The van der Waals surface area contributed by atoms with Crippen LogP contribution in [0.5, 0.6) is 0 Å². The van der Waals surface area contributed by atoms with E-state index in [4.69, 9.17) is 5.90 Å². The molecule has 0 amide bonds. The molecule has 4 rings (SSSR count). The van der Waals surface area contributed by atoms with Crippen LogP contribution in [0.2, 0.25) is 0 Å². The number of aromatic amines is 1. The number of fused-ring (bicyclic) bond motifs is 1. The molecule has 178 valence electrons. The van der Waals surface area contributed by atoms with Gasteiger partial charge in [-0.15, -0.1) is 10.2 Å². The van der Waals surface area contributed by atoms with Crippen molar-refractivity contribution in [1.82, 2.24) is 22.8 Å². The monoisotopic (exact) mass is 513 g/mol. The van der Waals surface area contributed by atoms with Crippen LogP contribution in [0.25, 0.3) is 16.7 Å². The fourth-order valence-electron chi connectivity index (χ4n) is 3.10. The number of rotatable bonds is 6. The highest BCUT2D eigenvalue weighted by atomic mass is 32.2. The Morgan fingerprint density at radius 2 is 1.91 bits per heavy atom. The average molecular weight is 514 g/mol. The van der Waals surface area contributed by atoms with E-state index >= 15 is 0 Å². The number of para-hydroxylation sites is 1. The van der Waals surface area contributed by atoms with Crippen molar-refractivity contribution in [2.45, 2.75) is 4.90 Å². The van der Waals surface area contributed by atoms with Crippen LogP contribution in [-0.2, 0) is 14.9 Å². The number of H-pyrrole nitrogens is 1. The van der Waals surface area contributed by atoms with Gasteiger partial charge in [0.2, 0.25) is 10.0 Å². The van der Waals surface area contributed by atoms with Crippen LogP contribution >= 0.6 is 11.7 Å². The second-order valence-corrected chi connectivity index (χ2v) is 9.67. The molecule has 14 nitrogen and oxygen atoms in total. The van der Waals surface area contributed by atoms with E-state index in [2.05, 4.69) is 28.9 Å². The van der Waals surface area contributed by atoms with Crippen molar-refractivity contribution in [3.05, 3.63) is 58.0 Å². The number of carbonyl (C=O) groups is 1. The summed E-state index contributed by atoms with van der Waals surface area (Å²) < 4.78 is 35.9. The Bertz CT molecular complexity index is 1680. The minimum absolute atomic E-state index is 0.00479. The van der Waals surface area contributed by atoms with E-state index < -0.39 is 32.0 Å². The van der Waals surface area contributed by atoms with Gasteiger partial charge in [0.05, 0.1) is 23.0 Å². The molecule has 0 unspecified atom stereocenters. The Morgan fingerprint density at radius 1 is 1.23 bits per heavy atom. The summed E-state index contributed by atoms with van der Waals surface area (Å²) in [7, 11) is -1.63. The molecule has 0 bridgehead atoms. The molecule has 2 aromatic heterocycles. The molecule has 0 aliphatic carbocycles. The normalized spacial score (nSPS) is 11.9. The maximum atomic E-state index is 12.9. The smallest absolute Gasteiger partial charge is 0.358 e. The summed E-state index contributed by atoms with van der Waals surface area (Å²) in [5.41, 5.74) is -1.36. The molecule has 4 aromatic rings. The van der Waals surface area contributed by atoms with Gasteiger partial charge >= 0.3 is 5.97 Å². The highest BCUT2D eigenvalue weighted by Crippen LogP contribution is 2.35. The largest absolute Gasteiger partial charge is 0.370 e. The number of benzene rings is 2. The van der Waals surface area contributed by atoms with Crippen LogP contribution in [0.1, 0.15) is 16.1 Å². The Morgan fingerprint density at radius 3 is 2.54 bits per heavy atom. The number of hydrogen-bond acceptors (Lipinski definition) is 12. The van der Waals surface area contributed by atoms with Crippen molar-refractivity contribution in [3.8, 4) is 11.8 Å². The van der Waals surface area contributed by atoms with Gasteiger partial charge in [-0.1, -0.05) is 18.2 Å². The van der Waals surface area contributed by atoms with E-state index in [9.17, 15) is 23.3 Å². The molecule has 3 N–H and O–H groups in total. The van der Waals surface area contributed by atoms with Crippen molar-refractivity contribution in [1.29, 1.82) is 5.26 Å². The van der Waals surface area contributed by atoms with Gasteiger partial charge in [-0.25, -0.2) is 22.2 Å². The lowest BCUT2D eigenvalue weighted by atomic mass is 10.1. The third-order valence-electron chi connectivity index (χ3n) is 4.79. The Balaban J connectivity index is 1.92. The molecule has 0 saturated heterocycles. The fourth-order valence-corrected chi connectivity index (χ4v) is 4.89. The SMILES string of the molecule is CN(C)S(=O)(=O)c1c(C(=O)ON)cc(N=Nc2c(C#N)[nH]n(-c3ccccc3)c2=O)c2nsnc12. The van der Waals surface area contributed by atoms with Crippen LogP contribution in [-0.4, -0.2) is 51.3 Å². The molecule has 35 heavy (non-hydrogen) atoms. The Kier molecular flexibility index (Phi) is 6.24. The molecule has 0 fully saturated rings. The van der Waals surface area contributed by atoms with Crippen LogP contribution in [0.15, 0.2) is 56.3 Å². The second kappa shape index (κ2) is 9.15. The first kappa shape index (κ1) is 23.8. The first-order valence-corrected chi connectivity index (χ1v) is 11.7. The quantitative estimate of drug-likeness (QED) is 0.284. The molecule has 16 heteroatoms. The van der Waals surface area contributed by atoms with Crippen molar-refractivity contribution >= 4 is 50.1 Å². The second-order valence-electron chi connectivity index (χ2n) is 7.05. The van der Waals surface area contributed by atoms with Crippen LogP contribution in [0.4, 0.5) is 11.4 Å². The van der Waals surface area contributed by atoms with Crippen molar-refractivity contribution in [2.75, 3.05) is 14.1 Å². The van der Waals surface area contributed by atoms with Crippen molar-refractivity contribution in [2.24, 2.45) is 16.1 Å². The molecule has 2 aromatic carbocycles. The summed E-state index contributed by atoms with van der Waals surface area (Å²) in [5.74, 6) is 3.85. The number of aromatic nitrogens is 4. The van der Waals surface area contributed by atoms with Gasteiger partial charge in [0.15, 0.2) is 11.4 Å². The first-order chi connectivity index (χ1) is 16.7. The maximum Gasteiger partial charge on any atom is 0.358 e. The van der Waals surface area contributed by atoms with E-state index in [1.165, 1.54) is 14.1 Å². The van der Waals surface area contributed by atoms with Gasteiger partial charge < -0.3 is 4.84 Å². The number of hydrogen-bond donors (Lipinski definition) is 2. The lowest BCUT2D eigenvalue weighted by Crippen LogP contribution is -2.25. The van der Waals surface area contributed by atoms with E-state index in [-0.39, 0.29) is 28.1 Å². The summed E-state index contributed by atoms with van der Waals surface area (Å²) in [6.45, 7) is 0. The Labute approximate surface area is 201 Å². The lowest BCUT2D eigenvalue weighted by molar-refractivity contribution is 0.0499. The molecule has 0 aliphatic heterocycles. The van der Waals surface area contributed by atoms with Crippen molar-refractivity contribution in [3.63, 3.8) is 0 Å². The van der Waals surface area contributed by atoms with E-state index in [1.54, 1.807) is 30.3 Å². The van der Waals surface area contributed by atoms with Gasteiger partial charge in [0.25, 0.3) is 5.56 Å². The summed E-state index contributed by atoms with van der Waals surface area (Å²) in [5, 5.41) is 20.0. The zero-order chi connectivity index (χ0) is 25.3. The summed E-state index contributed by atoms with van der Waals surface area (Å²) in [6.07, 6.45) is 0. The van der Waals surface area contributed by atoms with Crippen LogP contribution < -0.4 is 11.5 Å². The van der Waals surface area contributed by atoms with Crippen molar-refractivity contribution < 1.29 is 18.0 Å². The number of carbonyl (C=O) groups excluding carboxylic acids is 1. The van der Waals surface area contributed by atoms with Crippen LogP contribution in [0.3, 0.4) is 0 Å². The fraction of sp³-hybridized carbons (Fsp3) is 0.105. The van der Waals surface area contributed by atoms with Gasteiger partial charge in [0.1, 0.15) is 27.7 Å². The maximum absolute atomic E-state index is 12.9. The predicted molar refractivity (Wildman–Crippen MR) is 123 cm³/mol. The van der Waals surface area contributed by atoms with E-state index in [1.807, 2.05) is 6.07 Å². The molecule has 0 saturated carbocycles. The topological polar surface area (TPSA) is 202 Å². The van der Waals surface area contributed by atoms with Crippen LogP contribution in [0, 0.1) is 11.3 Å². The predicted octanol–water partition coefficient (Wildman–Crippen LogP) is 1.74. The average Bonchev–Trinajstić information content (AvgIpc) is 3.46. The third-order valence-corrected chi connectivity index (χ3v) is 7.21. The standard InChI is InChI=1S/C19H15N9O5S2/c1-27(2)35(31,32)17-11(19(30)33-21)8-12(14-16(17)26-34-25-14)22-23-15-13(9-20)24-28(18(15)29)10-6-4-3-5-7-10/h3-8,24H,21H2,1-2H3. The van der Waals surface area contributed by atoms with Gasteiger partial charge in [-0.05, 0) is 18.2 Å². The molecule has 0 atom stereocenters. The molecule has 0 spiro atoms. The lowest BCUT2D eigenvalue weighted by Gasteiger charge is -2.14. The number of nitrogens with two attached hydrogens (primary N) is 1. The number of azo groups is 1. The highest BCUT2D eigenvalue weighted by molar-refractivity contribution is 7.89. The minimum atomic E-state index is -4.18. The number of nitrogens with one attached hydrogen (secondary N) is 1. The molecule has 0 aliphatic rings. The number of sulfonamides is 1. The Hall–Kier alpha value is -4.30. The molecular formula is C19H15N9O5S2. The zero-order valence-electron chi connectivity index (χ0n) is 18.0. The van der Waals surface area contributed by atoms with Gasteiger partial charge in [0, 0.05) is 14.1 Å². The first-order valence-electron chi connectivity index (χ1n) is 9.55.